The molecule has 0 radical (unpaired) electrons. The summed E-state index contributed by atoms with van der Waals surface area (Å²) in [6.07, 6.45) is -10.5. The Morgan fingerprint density at radius 3 is 2.17 bits per heavy atom. The van der Waals surface area contributed by atoms with E-state index in [9.17, 15) is 35.9 Å². The summed E-state index contributed by atoms with van der Waals surface area (Å²) in [6, 6.07) is 7.61. The molecular formula is C18H12F6N2O2S. The molecule has 1 unspecified atom stereocenters. The fraction of sp³-hybridized carbons (Fsp3) is 0.222. The second-order valence-corrected chi connectivity index (χ2v) is 7.38. The molecule has 1 aliphatic rings. The van der Waals surface area contributed by atoms with Gasteiger partial charge in [-0.15, -0.1) is 11.8 Å². The molecule has 4 nitrogen and oxygen atoms in total. The minimum atomic E-state index is -5.02. The lowest BCUT2D eigenvalue weighted by Crippen LogP contribution is -2.32. The standard InChI is InChI=1S/C18H12F6N2O2S/c19-17(20,21)9-5-10(18(22,23)24)7-11(6-9)25-15(27)8-14-16(28)26-12-3-1-2-4-13(12)29-14/h1-7,14H,8H2,(H,25,27)(H,26,28). The van der Waals surface area contributed by atoms with Crippen LogP contribution in [-0.2, 0) is 21.9 Å². The highest BCUT2D eigenvalue weighted by Crippen LogP contribution is 2.39. The molecule has 0 saturated carbocycles. The Morgan fingerprint density at radius 1 is 1.00 bits per heavy atom. The number of alkyl halides is 6. The second kappa shape index (κ2) is 7.62. The normalized spacial score (nSPS) is 16.8. The maximum atomic E-state index is 12.9. The van der Waals surface area contributed by atoms with Crippen LogP contribution in [0.5, 0.6) is 0 Å². The highest BCUT2D eigenvalue weighted by atomic mass is 32.2. The first-order chi connectivity index (χ1) is 13.4. The highest BCUT2D eigenvalue weighted by Gasteiger charge is 2.37. The van der Waals surface area contributed by atoms with Crippen LogP contribution in [0.15, 0.2) is 47.4 Å². The summed E-state index contributed by atoms with van der Waals surface area (Å²) >= 11 is 1.09. The zero-order valence-corrected chi connectivity index (χ0v) is 15.1. The van der Waals surface area contributed by atoms with Crippen LogP contribution in [-0.4, -0.2) is 17.1 Å². The van der Waals surface area contributed by atoms with Crippen molar-refractivity contribution in [2.24, 2.45) is 0 Å². The minimum Gasteiger partial charge on any atom is -0.326 e. The third kappa shape index (κ3) is 5.03. The number of hydrogen-bond acceptors (Lipinski definition) is 3. The Hall–Kier alpha value is -2.69. The van der Waals surface area contributed by atoms with Crippen molar-refractivity contribution < 1.29 is 35.9 Å². The molecule has 2 amide bonds. The van der Waals surface area contributed by atoms with Gasteiger partial charge in [0.2, 0.25) is 11.8 Å². The average Bonchev–Trinajstić information content (AvgIpc) is 2.60. The van der Waals surface area contributed by atoms with Crippen LogP contribution in [0.2, 0.25) is 0 Å². The lowest BCUT2D eigenvalue weighted by molar-refractivity contribution is -0.143. The van der Waals surface area contributed by atoms with E-state index in [-0.39, 0.29) is 6.07 Å². The molecule has 154 valence electrons. The van der Waals surface area contributed by atoms with Crippen LogP contribution in [0.4, 0.5) is 37.7 Å². The molecule has 3 rings (SSSR count). The van der Waals surface area contributed by atoms with Gasteiger partial charge in [-0.25, -0.2) is 0 Å². The second-order valence-electron chi connectivity index (χ2n) is 6.14. The molecule has 1 atom stereocenters. The highest BCUT2D eigenvalue weighted by molar-refractivity contribution is 8.01. The number of rotatable bonds is 3. The van der Waals surface area contributed by atoms with E-state index in [0.717, 1.165) is 11.8 Å². The first-order valence-corrected chi connectivity index (χ1v) is 8.97. The maximum Gasteiger partial charge on any atom is 0.416 e. The summed E-state index contributed by atoms with van der Waals surface area (Å²) < 4.78 is 77.4. The topological polar surface area (TPSA) is 58.2 Å². The van der Waals surface area contributed by atoms with E-state index in [4.69, 9.17) is 0 Å². The number of hydrogen-bond donors (Lipinski definition) is 2. The smallest absolute Gasteiger partial charge is 0.326 e. The molecule has 2 aromatic rings. The fourth-order valence-electron chi connectivity index (χ4n) is 2.63. The van der Waals surface area contributed by atoms with Crippen LogP contribution < -0.4 is 10.6 Å². The molecule has 0 bridgehead atoms. The van der Waals surface area contributed by atoms with E-state index in [2.05, 4.69) is 5.32 Å². The molecule has 0 spiro atoms. The summed E-state index contributed by atoms with van der Waals surface area (Å²) in [5.41, 5.74) is -3.17. The molecule has 0 aromatic heterocycles. The number of carbonyl (C=O) groups is 2. The Balaban J connectivity index is 1.78. The van der Waals surface area contributed by atoms with E-state index in [1.165, 1.54) is 0 Å². The van der Waals surface area contributed by atoms with Gasteiger partial charge in [-0.3, -0.25) is 9.59 Å². The zero-order chi connectivity index (χ0) is 21.4. The van der Waals surface area contributed by atoms with E-state index < -0.39 is 52.7 Å². The number of thioether (sulfide) groups is 1. The van der Waals surface area contributed by atoms with Crippen molar-refractivity contribution in [2.45, 2.75) is 28.9 Å². The summed E-state index contributed by atoms with van der Waals surface area (Å²) in [4.78, 5) is 25.0. The molecular weight excluding hydrogens is 422 g/mol. The lowest BCUT2D eigenvalue weighted by atomic mass is 10.1. The molecule has 1 aliphatic heterocycles. The summed E-state index contributed by atoms with van der Waals surface area (Å²) in [5.74, 6) is -1.37. The van der Waals surface area contributed by atoms with Gasteiger partial charge in [0.15, 0.2) is 0 Å². The number of nitrogens with one attached hydrogen (secondary N) is 2. The summed E-state index contributed by atoms with van der Waals surface area (Å²) in [5, 5.41) is 3.75. The van der Waals surface area contributed by atoms with Crippen LogP contribution in [0.3, 0.4) is 0 Å². The van der Waals surface area contributed by atoms with Crippen LogP contribution >= 0.6 is 11.8 Å². The van der Waals surface area contributed by atoms with E-state index in [1.54, 1.807) is 24.3 Å². The quantitative estimate of drug-likeness (QED) is 0.656. The third-order valence-corrected chi connectivity index (χ3v) is 5.22. The number of carbonyl (C=O) groups excluding carboxylic acids is 2. The Labute approximate surface area is 164 Å². The zero-order valence-electron chi connectivity index (χ0n) is 14.3. The van der Waals surface area contributed by atoms with Crippen molar-refractivity contribution in [3.63, 3.8) is 0 Å². The molecule has 0 aliphatic carbocycles. The Bertz CT molecular complexity index is 926. The maximum absolute atomic E-state index is 12.9. The molecule has 29 heavy (non-hydrogen) atoms. The van der Waals surface area contributed by atoms with Gasteiger partial charge in [-0.2, -0.15) is 26.3 Å². The number of amides is 2. The molecule has 11 heteroatoms. The number of fused-ring (bicyclic) bond motifs is 1. The van der Waals surface area contributed by atoms with Gasteiger partial charge >= 0.3 is 12.4 Å². The van der Waals surface area contributed by atoms with Gasteiger partial charge in [-0.05, 0) is 30.3 Å². The van der Waals surface area contributed by atoms with E-state index >= 15 is 0 Å². The monoisotopic (exact) mass is 434 g/mol. The van der Waals surface area contributed by atoms with Crippen LogP contribution in [0.1, 0.15) is 17.5 Å². The summed E-state index contributed by atoms with van der Waals surface area (Å²) in [7, 11) is 0. The number of para-hydroxylation sites is 1. The molecule has 1 heterocycles. The fourth-order valence-corrected chi connectivity index (χ4v) is 3.74. The lowest BCUT2D eigenvalue weighted by Gasteiger charge is -2.23. The predicted molar refractivity (Wildman–Crippen MR) is 94.4 cm³/mol. The molecule has 2 N–H and O–H groups in total. The van der Waals surface area contributed by atoms with Gasteiger partial charge in [0.25, 0.3) is 0 Å². The number of halogens is 6. The Kier molecular flexibility index (Phi) is 5.52. The van der Waals surface area contributed by atoms with Crippen molar-refractivity contribution in [1.29, 1.82) is 0 Å². The first-order valence-electron chi connectivity index (χ1n) is 8.09. The average molecular weight is 434 g/mol. The molecule has 2 aromatic carbocycles. The molecule has 0 fully saturated rings. The van der Waals surface area contributed by atoms with Crippen molar-refractivity contribution in [1.82, 2.24) is 0 Å². The largest absolute Gasteiger partial charge is 0.416 e. The van der Waals surface area contributed by atoms with Gasteiger partial charge in [-0.1, -0.05) is 12.1 Å². The van der Waals surface area contributed by atoms with Crippen LogP contribution in [0.25, 0.3) is 0 Å². The summed E-state index contributed by atoms with van der Waals surface area (Å²) in [6.45, 7) is 0. The van der Waals surface area contributed by atoms with Gasteiger partial charge < -0.3 is 10.6 Å². The van der Waals surface area contributed by atoms with Crippen molar-refractivity contribution in [2.75, 3.05) is 10.6 Å². The van der Waals surface area contributed by atoms with Gasteiger partial charge in [0, 0.05) is 17.0 Å². The van der Waals surface area contributed by atoms with Gasteiger partial charge in [0.1, 0.15) is 0 Å². The third-order valence-electron chi connectivity index (χ3n) is 3.95. The number of anilines is 2. The molecule has 0 saturated heterocycles. The Morgan fingerprint density at radius 2 is 1.59 bits per heavy atom. The van der Waals surface area contributed by atoms with E-state index in [0.29, 0.717) is 22.7 Å². The number of benzene rings is 2. The van der Waals surface area contributed by atoms with E-state index in [1.807, 2.05) is 5.32 Å². The SMILES string of the molecule is O=C(CC1Sc2ccccc2NC1=O)Nc1cc(C(F)(F)F)cc(C(F)(F)F)c1. The van der Waals surface area contributed by atoms with Crippen molar-refractivity contribution >= 4 is 35.0 Å². The predicted octanol–water partition coefficient (Wildman–Crippen LogP) is 5.17. The van der Waals surface area contributed by atoms with Gasteiger partial charge in [0.05, 0.1) is 22.1 Å². The van der Waals surface area contributed by atoms with Crippen molar-refractivity contribution in [3.8, 4) is 0 Å². The van der Waals surface area contributed by atoms with Crippen molar-refractivity contribution in [3.05, 3.63) is 53.6 Å². The van der Waals surface area contributed by atoms with Crippen LogP contribution in [0, 0.1) is 0 Å². The first kappa shape index (κ1) is 21.0. The minimum absolute atomic E-state index is 0.0307.